The third-order valence-electron chi connectivity index (χ3n) is 5.87. The van der Waals surface area contributed by atoms with E-state index >= 15 is 0 Å². The number of methoxy groups -OCH3 is 1. The smallest absolute Gasteiger partial charge is 0.191 e. The molecular formula is C26H34IN5O2. The van der Waals surface area contributed by atoms with Crippen LogP contribution in [0.25, 0.3) is 0 Å². The molecule has 1 saturated carbocycles. The van der Waals surface area contributed by atoms with Gasteiger partial charge in [0, 0.05) is 37.5 Å². The fraction of sp³-hybridized carbons (Fsp3) is 0.385. The molecule has 0 bridgehead atoms. The molecule has 0 amide bonds. The van der Waals surface area contributed by atoms with Gasteiger partial charge in [0.05, 0.1) is 26.0 Å². The van der Waals surface area contributed by atoms with Crippen LogP contribution in [0.2, 0.25) is 0 Å². The van der Waals surface area contributed by atoms with Gasteiger partial charge in [0.15, 0.2) is 17.5 Å². The van der Waals surface area contributed by atoms with Gasteiger partial charge in [-0.05, 0) is 37.3 Å². The molecule has 1 fully saturated rings. The largest absolute Gasteiger partial charge is 0.493 e. The first-order valence-corrected chi connectivity index (χ1v) is 11.6. The summed E-state index contributed by atoms with van der Waals surface area (Å²) in [5.41, 5.74) is 3.38. The summed E-state index contributed by atoms with van der Waals surface area (Å²) in [6.07, 6.45) is 8.88. The predicted octanol–water partition coefficient (Wildman–Crippen LogP) is 4.74. The van der Waals surface area contributed by atoms with Crippen molar-refractivity contribution in [3.05, 3.63) is 77.6 Å². The van der Waals surface area contributed by atoms with E-state index in [1.165, 1.54) is 18.4 Å². The molecule has 0 saturated heterocycles. The fourth-order valence-electron chi connectivity index (χ4n) is 4.11. The van der Waals surface area contributed by atoms with Crippen molar-refractivity contribution < 1.29 is 9.47 Å². The number of hydrogen-bond acceptors (Lipinski definition) is 4. The minimum atomic E-state index is 0. The highest BCUT2D eigenvalue weighted by atomic mass is 127. The molecule has 1 aliphatic rings. The monoisotopic (exact) mass is 575 g/mol. The van der Waals surface area contributed by atoms with E-state index in [1.54, 1.807) is 14.2 Å². The molecule has 7 nitrogen and oxygen atoms in total. The van der Waals surface area contributed by atoms with Gasteiger partial charge in [-0.15, -0.1) is 24.0 Å². The summed E-state index contributed by atoms with van der Waals surface area (Å²) in [7, 11) is 3.46. The van der Waals surface area contributed by atoms with Crippen molar-refractivity contribution in [2.45, 2.75) is 51.4 Å². The summed E-state index contributed by atoms with van der Waals surface area (Å²) in [6.45, 7) is 1.98. The first kappa shape index (κ1) is 25.9. The number of nitrogens with zero attached hydrogens (tertiary/aromatic N) is 3. The molecule has 0 aliphatic heterocycles. The van der Waals surface area contributed by atoms with Gasteiger partial charge in [-0.25, -0.2) is 0 Å². The van der Waals surface area contributed by atoms with Crippen LogP contribution >= 0.6 is 24.0 Å². The lowest BCUT2D eigenvalue weighted by atomic mass is 10.1. The number of aliphatic imine (C=N–C) groups is 1. The Morgan fingerprint density at radius 2 is 1.79 bits per heavy atom. The number of benzene rings is 2. The highest BCUT2D eigenvalue weighted by molar-refractivity contribution is 14.0. The van der Waals surface area contributed by atoms with Crippen LogP contribution in [0.15, 0.2) is 65.9 Å². The van der Waals surface area contributed by atoms with Crippen LogP contribution in [0, 0.1) is 0 Å². The fourth-order valence-corrected chi connectivity index (χ4v) is 4.11. The average Bonchev–Trinajstić information content (AvgIpc) is 3.53. The molecule has 1 aromatic heterocycles. The zero-order chi connectivity index (χ0) is 22.9. The minimum Gasteiger partial charge on any atom is -0.493 e. The van der Waals surface area contributed by atoms with Gasteiger partial charge in [0.1, 0.15) is 0 Å². The van der Waals surface area contributed by atoms with E-state index in [4.69, 9.17) is 9.47 Å². The van der Waals surface area contributed by atoms with Crippen molar-refractivity contribution in [1.82, 2.24) is 20.4 Å². The zero-order valence-corrected chi connectivity index (χ0v) is 22.2. The van der Waals surface area contributed by atoms with E-state index in [0.717, 1.165) is 48.0 Å². The topological polar surface area (TPSA) is 72.7 Å². The Kier molecular flexibility index (Phi) is 10.1. The second-order valence-electron chi connectivity index (χ2n) is 8.28. The van der Waals surface area contributed by atoms with Crippen LogP contribution < -0.4 is 20.1 Å². The highest BCUT2D eigenvalue weighted by Gasteiger charge is 2.20. The first-order chi connectivity index (χ1) is 16.2. The maximum absolute atomic E-state index is 6.34. The number of aromatic nitrogens is 2. The summed E-state index contributed by atoms with van der Waals surface area (Å²) in [5, 5.41) is 11.2. The Labute approximate surface area is 219 Å². The number of para-hydroxylation sites is 1. The number of guanidine groups is 1. The standard InChI is InChI=1S/C26H33N5O2.HI/c1-27-26(28-15-21-16-30-31(19-21)18-20-9-4-3-5-10-20)29-17-22-11-8-14-24(32-2)25(22)33-23-12-6-7-13-23;/h3-5,8-11,14,16,19,23H,6-7,12-13,15,17-18H2,1-2H3,(H2,27,28,29);1H. The van der Waals surface area contributed by atoms with Crippen molar-refractivity contribution in [1.29, 1.82) is 0 Å². The highest BCUT2D eigenvalue weighted by Crippen LogP contribution is 2.34. The number of halogens is 1. The third kappa shape index (κ3) is 7.12. The molecule has 2 aromatic carbocycles. The Bertz CT molecular complexity index is 1050. The second kappa shape index (κ2) is 13.2. The molecule has 34 heavy (non-hydrogen) atoms. The Balaban J connectivity index is 0.00000324. The molecule has 0 radical (unpaired) electrons. The zero-order valence-electron chi connectivity index (χ0n) is 19.9. The lowest BCUT2D eigenvalue weighted by molar-refractivity contribution is 0.198. The molecule has 0 spiro atoms. The summed E-state index contributed by atoms with van der Waals surface area (Å²) in [6, 6.07) is 16.3. The van der Waals surface area contributed by atoms with Crippen molar-refractivity contribution in [2.75, 3.05) is 14.2 Å². The molecule has 0 unspecified atom stereocenters. The lowest BCUT2D eigenvalue weighted by Gasteiger charge is -2.20. The Morgan fingerprint density at radius 3 is 2.53 bits per heavy atom. The van der Waals surface area contributed by atoms with Gasteiger partial charge >= 0.3 is 0 Å². The molecule has 0 atom stereocenters. The van der Waals surface area contributed by atoms with Crippen LogP contribution in [0.4, 0.5) is 0 Å². The molecule has 4 rings (SSSR count). The summed E-state index contributed by atoms with van der Waals surface area (Å²) >= 11 is 0. The lowest BCUT2D eigenvalue weighted by Crippen LogP contribution is -2.36. The van der Waals surface area contributed by atoms with Crippen LogP contribution in [-0.2, 0) is 19.6 Å². The molecule has 1 heterocycles. The molecule has 3 aromatic rings. The average molecular weight is 575 g/mol. The van der Waals surface area contributed by atoms with Gasteiger partial charge < -0.3 is 20.1 Å². The van der Waals surface area contributed by atoms with Gasteiger partial charge in [-0.2, -0.15) is 5.10 Å². The minimum absolute atomic E-state index is 0. The van der Waals surface area contributed by atoms with E-state index in [0.29, 0.717) is 13.1 Å². The summed E-state index contributed by atoms with van der Waals surface area (Å²) in [4.78, 5) is 4.36. The van der Waals surface area contributed by atoms with Gasteiger partial charge in [0.25, 0.3) is 0 Å². The first-order valence-electron chi connectivity index (χ1n) is 11.6. The van der Waals surface area contributed by atoms with Gasteiger partial charge in [-0.1, -0.05) is 42.5 Å². The SMILES string of the molecule is CN=C(NCc1cnn(Cc2ccccc2)c1)NCc1cccc(OC)c1OC1CCCC1.I. The summed E-state index contributed by atoms with van der Waals surface area (Å²) < 4.78 is 13.9. The quantitative estimate of drug-likeness (QED) is 0.219. The maximum atomic E-state index is 6.34. The predicted molar refractivity (Wildman–Crippen MR) is 146 cm³/mol. The number of rotatable bonds is 9. The number of hydrogen-bond donors (Lipinski definition) is 2. The van der Waals surface area contributed by atoms with Crippen molar-refractivity contribution in [3.8, 4) is 11.5 Å². The van der Waals surface area contributed by atoms with Gasteiger partial charge in [-0.3, -0.25) is 9.67 Å². The van der Waals surface area contributed by atoms with Crippen molar-refractivity contribution in [2.24, 2.45) is 4.99 Å². The summed E-state index contributed by atoms with van der Waals surface area (Å²) in [5.74, 6) is 2.33. The van der Waals surface area contributed by atoms with E-state index in [2.05, 4.69) is 45.1 Å². The van der Waals surface area contributed by atoms with E-state index < -0.39 is 0 Å². The second-order valence-corrected chi connectivity index (χ2v) is 8.28. The normalized spacial score (nSPS) is 13.9. The van der Waals surface area contributed by atoms with E-state index in [1.807, 2.05) is 41.2 Å². The number of ether oxygens (including phenoxy) is 2. The molecular weight excluding hydrogens is 541 g/mol. The van der Waals surface area contributed by atoms with Crippen LogP contribution in [0.5, 0.6) is 11.5 Å². The van der Waals surface area contributed by atoms with Crippen molar-refractivity contribution in [3.63, 3.8) is 0 Å². The molecule has 182 valence electrons. The van der Waals surface area contributed by atoms with Crippen LogP contribution in [-0.4, -0.2) is 36.0 Å². The molecule has 2 N–H and O–H groups in total. The van der Waals surface area contributed by atoms with E-state index in [-0.39, 0.29) is 30.1 Å². The third-order valence-corrected chi connectivity index (χ3v) is 5.87. The maximum Gasteiger partial charge on any atom is 0.191 e. The van der Waals surface area contributed by atoms with Crippen molar-refractivity contribution >= 4 is 29.9 Å². The Hall–Kier alpha value is -2.75. The molecule has 8 heteroatoms. The van der Waals surface area contributed by atoms with Crippen LogP contribution in [0.1, 0.15) is 42.4 Å². The molecule has 1 aliphatic carbocycles. The van der Waals surface area contributed by atoms with Crippen LogP contribution in [0.3, 0.4) is 0 Å². The number of nitrogens with one attached hydrogen (secondary N) is 2. The van der Waals surface area contributed by atoms with Gasteiger partial charge in [0.2, 0.25) is 0 Å². The Morgan fingerprint density at radius 1 is 1.03 bits per heavy atom. The van der Waals surface area contributed by atoms with E-state index in [9.17, 15) is 0 Å².